The van der Waals surface area contributed by atoms with E-state index in [1.165, 1.54) is 0 Å². The van der Waals surface area contributed by atoms with Crippen molar-refractivity contribution in [1.82, 2.24) is 25.8 Å². The van der Waals surface area contributed by atoms with Gasteiger partial charge in [-0.2, -0.15) is 5.26 Å². The lowest BCUT2D eigenvalue weighted by Crippen LogP contribution is -2.62. The monoisotopic (exact) mass is 738 g/mol. The smallest absolute Gasteiger partial charge is 0.262 e. The molecule has 9 nitrogen and oxygen atoms in total. The topological polar surface area (TPSA) is 110 Å². The van der Waals surface area contributed by atoms with Crippen molar-refractivity contribution < 1.29 is 14.3 Å². The van der Waals surface area contributed by atoms with Gasteiger partial charge in [0, 0.05) is 52.3 Å². The quantitative estimate of drug-likeness (QED) is 0.223. The first kappa shape index (κ1) is 37.9. The van der Waals surface area contributed by atoms with Crippen molar-refractivity contribution in [3.8, 4) is 11.8 Å². The molecule has 2 aliphatic heterocycles. The number of ether oxygens (including phenoxy) is 1. The zero-order chi connectivity index (χ0) is 36.4. The molecule has 2 saturated heterocycles. The minimum atomic E-state index is -1.51. The molecule has 0 aromatic heterocycles. The van der Waals surface area contributed by atoms with Crippen LogP contribution in [0.1, 0.15) is 75.9 Å². The predicted octanol–water partition coefficient (Wildman–Crippen LogP) is 6.73. The summed E-state index contributed by atoms with van der Waals surface area (Å²) in [5, 5.41) is 22.0. The van der Waals surface area contributed by atoms with Gasteiger partial charge in [0.2, 0.25) is 5.91 Å². The van der Waals surface area contributed by atoms with Crippen molar-refractivity contribution in [3.63, 3.8) is 0 Å². The van der Waals surface area contributed by atoms with Crippen LogP contribution >= 0.6 is 34.8 Å². The highest BCUT2D eigenvalue weighted by atomic mass is 35.5. The molecule has 5 rings (SSSR count). The van der Waals surface area contributed by atoms with Crippen LogP contribution in [0.4, 0.5) is 0 Å². The minimum absolute atomic E-state index is 0.0548. The molecule has 2 heterocycles. The molecule has 3 atom stereocenters. The Morgan fingerprint density at radius 1 is 0.900 bits per heavy atom. The summed E-state index contributed by atoms with van der Waals surface area (Å²) < 4.78 is 6.25. The number of benzene rings is 3. The number of nitriles is 1. The summed E-state index contributed by atoms with van der Waals surface area (Å²) in [7, 11) is 0. The summed E-state index contributed by atoms with van der Waals surface area (Å²) in [5.74, 6) is 0.171. The lowest BCUT2D eigenvalue weighted by molar-refractivity contribution is -0.141. The average molecular weight is 740 g/mol. The number of hydrogen-bond acceptors (Lipinski definition) is 7. The van der Waals surface area contributed by atoms with Crippen molar-refractivity contribution >= 4 is 46.6 Å². The molecule has 50 heavy (non-hydrogen) atoms. The first-order valence-electron chi connectivity index (χ1n) is 16.8. The van der Waals surface area contributed by atoms with Crippen LogP contribution in [-0.2, 0) is 20.7 Å². The summed E-state index contributed by atoms with van der Waals surface area (Å²) in [6, 6.07) is 20.2. The van der Waals surface area contributed by atoms with Crippen LogP contribution < -0.4 is 20.7 Å². The number of hydrogen-bond donors (Lipinski definition) is 3. The molecule has 2 aliphatic rings. The molecular formula is C38H45Cl3N6O3. The number of carbonyl (C=O) groups is 2. The molecule has 3 N–H and O–H groups in total. The fourth-order valence-electron chi connectivity index (χ4n) is 6.63. The van der Waals surface area contributed by atoms with E-state index in [1.54, 1.807) is 26.0 Å². The molecule has 266 valence electrons. The zero-order valence-electron chi connectivity index (χ0n) is 29.4. The minimum Gasteiger partial charge on any atom is -0.493 e. The highest BCUT2D eigenvalue weighted by Gasteiger charge is 2.55. The number of carbonyl (C=O) groups excluding carboxylic acids is 2. The number of rotatable bonds is 9. The highest BCUT2D eigenvalue weighted by Crippen LogP contribution is 2.47. The largest absolute Gasteiger partial charge is 0.493 e. The number of halogens is 3. The molecule has 3 aromatic rings. The Labute approximate surface area is 310 Å². The van der Waals surface area contributed by atoms with Crippen molar-refractivity contribution in [2.75, 3.05) is 39.3 Å². The second-order valence-electron chi connectivity index (χ2n) is 14.5. The maximum atomic E-state index is 15.2. The molecule has 1 unspecified atom stereocenters. The molecule has 0 saturated carbocycles. The van der Waals surface area contributed by atoms with E-state index < -0.39 is 23.2 Å². The van der Waals surface area contributed by atoms with Crippen LogP contribution in [0.5, 0.6) is 5.75 Å². The maximum absolute atomic E-state index is 15.2. The Bertz CT molecular complexity index is 1690. The molecular weight excluding hydrogens is 695 g/mol. The Morgan fingerprint density at radius 3 is 1.88 bits per heavy atom. The molecule has 12 heteroatoms. The first-order chi connectivity index (χ1) is 23.6. The summed E-state index contributed by atoms with van der Waals surface area (Å²) in [6.45, 7) is 13.7. The molecule has 0 bridgehead atoms. The summed E-state index contributed by atoms with van der Waals surface area (Å²) in [4.78, 5) is 31.8. The fraction of sp³-hybridized carbons (Fsp3) is 0.447. The lowest BCUT2D eigenvalue weighted by atomic mass is 9.84. The second kappa shape index (κ2) is 15.1. The van der Waals surface area contributed by atoms with Crippen LogP contribution in [0.2, 0.25) is 15.1 Å². The van der Waals surface area contributed by atoms with Gasteiger partial charge in [-0.15, -0.1) is 0 Å². The van der Waals surface area contributed by atoms with Crippen LogP contribution in [-0.4, -0.2) is 66.5 Å². The lowest BCUT2D eigenvalue weighted by Gasteiger charge is -2.41. The van der Waals surface area contributed by atoms with Gasteiger partial charge in [-0.1, -0.05) is 59.1 Å². The van der Waals surface area contributed by atoms with Gasteiger partial charge in [-0.3, -0.25) is 25.1 Å². The third-order valence-electron chi connectivity index (χ3n) is 9.12. The van der Waals surface area contributed by atoms with E-state index in [0.29, 0.717) is 64.7 Å². The number of piperazine rings is 1. The summed E-state index contributed by atoms with van der Waals surface area (Å²) >= 11 is 19.6. The van der Waals surface area contributed by atoms with Crippen LogP contribution in [0.3, 0.4) is 0 Å². The van der Waals surface area contributed by atoms with Crippen molar-refractivity contribution in [3.05, 3.63) is 98.0 Å². The summed E-state index contributed by atoms with van der Waals surface area (Å²) in [6.07, 6.45) is 0. The van der Waals surface area contributed by atoms with Gasteiger partial charge in [0.15, 0.2) is 5.66 Å². The Balaban J connectivity index is 1.61. The van der Waals surface area contributed by atoms with Crippen LogP contribution in [0.25, 0.3) is 0 Å². The van der Waals surface area contributed by atoms with E-state index in [-0.39, 0.29) is 23.9 Å². The highest BCUT2D eigenvalue weighted by molar-refractivity contribution is 6.32. The molecule has 3 aromatic carbocycles. The van der Waals surface area contributed by atoms with Gasteiger partial charge >= 0.3 is 0 Å². The maximum Gasteiger partial charge on any atom is 0.262 e. The standard InChI is InChI=1S/C38H45Cl3N6O3/c1-7-50-31-21-28(37(5,6)23-42)30(41)20-29(31)38(35(49)47-18-16-46(17-19-47)22-32(48)43-36(2,3)4)44-33(24-8-12-26(39)13-9-24)34(45-38)25-10-14-27(40)15-11-25/h8-15,20-21,33-34,44-45H,7,16-19,22H2,1-6H3,(H,43,48)/t33-,34+,38?. The third kappa shape index (κ3) is 8.23. The van der Waals surface area contributed by atoms with Gasteiger partial charge in [0.1, 0.15) is 5.75 Å². The van der Waals surface area contributed by atoms with Gasteiger partial charge in [0.05, 0.1) is 36.7 Å². The molecule has 0 aliphatic carbocycles. The summed E-state index contributed by atoms with van der Waals surface area (Å²) in [5.41, 5.74) is 0.177. The van der Waals surface area contributed by atoms with E-state index in [4.69, 9.17) is 39.5 Å². The van der Waals surface area contributed by atoms with Crippen molar-refractivity contribution in [2.24, 2.45) is 0 Å². The molecule has 2 amide bonds. The Hall–Kier alpha value is -3.36. The number of nitrogens with zero attached hydrogens (tertiary/aromatic N) is 3. The first-order valence-corrected chi connectivity index (χ1v) is 18.0. The SMILES string of the molecule is CCOc1cc(C(C)(C)C#N)c(Cl)cc1C1(C(=O)N2CCN(CC(=O)NC(C)(C)C)CC2)N[C@H](c2ccc(Cl)cc2)[C@H](c2ccc(Cl)cc2)N1. The Morgan fingerprint density at radius 2 is 1.42 bits per heavy atom. The van der Waals surface area contributed by atoms with Crippen molar-refractivity contribution in [1.29, 1.82) is 5.26 Å². The molecule has 0 radical (unpaired) electrons. The van der Waals surface area contributed by atoms with E-state index in [2.05, 4.69) is 26.9 Å². The zero-order valence-corrected chi connectivity index (χ0v) is 31.6. The van der Waals surface area contributed by atoms with Crippen LogP contribution in [0.15, 0.2) is 60.7 Å². The van der Waals surface area contributed by atoms with Gasteiger partial charge < -0.3 is 15.0 Å². The van der Waals surface area contributed by atoms with E-state index in [1.807, 2.05) is 81.1 Å². The van der Waals surface area contributed by atoms with E-state index >= 15 is 4.79 Å². The van der Waals surface area contributed by atoms with Crippen molar-refractivity contribution in [2.45, 2.75) is 70.2 Å². The fourth-order valence-corrected chi connectivity index (χ4v) is 7.28. The van der Waals surface area contributed by atoms with E-state index in [0.717, 1.165) is 11.1 Å². The third-order valence-corrected chi connectivity index (χ3v) is 9.94. The van der Waals surface area contributed by atoms with Crippen LogP contribution in [0, 0.1) is 11.3 Å². The molecule has 0 spiro atoms. The van der Waals surface area contributed by atoms with E-state index in [9.17, 15) is 10.1 Å². The predicted molar refractivity (Wildman–Crippen MR) is 199 cm³/mol. The number of amides is 2. The Kier molecular flexibility index (Phi) is 11.4. The second-order valence-corrected chi connectivity index (χ2v) is 15.7. The van der Waals surface area contributed by atoms with Gasteiger partial charge in [0.25, 0.3) is 5.91 Å². The van der Waals surface area contributed by atoms with Gasteiger partial charge in [-0.05, 0) is 94.6 Å². The number of nitrogens with one attached hydrogen (secondary N) is 3. The normalized spacial score (nSPS) is 21.5. The average Bonchev–Trinajstić information content (AvgIpc) is 3.47. The molecule has 2 fully saturated rings. The van der Waals surface area contributed by atoms with Gasteiger partial charge in [-0.25, -0.2) is 0 Å².